The number of Topliss-reactive ketones (excluding diaryl/α,β-unsaturated/α-hetero) is 1. The molecule has 164 valence electrons. The summed E-state index contributed by atoms with van der Waals surface area (Å²) >= 11 is 24.9. The molecule has 2 aromatic heterocycles. The van der Waals surface area contributed by atoms with Crippen LogP contribution in [0.25, 0.3) is 5.82 Å². The fraction of sp³-hybridized carbons (Fsp3) is 0.190. The molecule has 0 unspecified atom stereocenters. The molecule has 1 aromatic carbocycles. The van der Waals surface area contributed by atoms with Crippen molar-refractivity contribution in [2.75, 3.05) is 5.32 Å². The Hall–Kier alpha value is -2.45. The number of halogens is 4. The average Bonchev–Trinajstić information content (AvgIpc) is 3.23. The van der Waals surface area contributed by atoms with Gasteiger partial charge in [0.1, 0.15) is 11.2 Å². The SMILES string of the molecule is CC1(C)N=C(c2cc(Cl)cc(Cl)c2NC(=O)c2cc(Cl)nn2-c2ncccc2Cl)CC1=O. The molecule has 0 saturated carbocycles. The van der Waals surface area contributed by atoms with E-state index in [4.69, 9.17) is 46.4 Å². The van der Waals surface area contributed by atoms with Crippen molar-refractivity contribution in [3.63, 3.8) is 0 Å². The minimum absolute atomic E-state index is 0.0458. The first-order valence-corrected chi connectivity index (χ1v) is 10.9. The summed E-state index contributed by atoms with van der Waals surface area (Å²) in [7, 11) is 0. The van der Waals surface area contributed by atoms with Gasteiger partial charge in [-0.05, 0) is 38.1 Å². The summed E-state index contributed by atoms with van der Waals surface area (Å²) in [6.45, 7) is 3.45. The molecule has 1 aliphatic heterocycles. The maximum absolute atomic E-state index is 13.2. The van der Waals surface area contributed by atoms with E-state index in [9.17, 15) is 9.59 Å². The van der Waals surface area contributed by atoms with Crippen LogP contribution < -0.4 is 5.32 Å². The summed E-state index contributed by atoms with van der Waals surface area (Å²) in [5.41, 5.74) is 0.424. The second kappa shape index (κ2) is 8.48. The molecule has 7 nitrogen and oxygen atoms in total. The van der Waals surface area contributed by atoms with Gasteiger partial charge in [0, 0.05) is 22.8 Å². The molecular formula is C21H15Cl4N5O2. The van der Waals surface area contributed by atoms with Crippen LogP contribution in [0, 0.1) is 0 Å². The van der Waals surface area contributed by atoms with E-state index in [1.54, 1.807) is 32.0 Å². The van der Waals surface area contributed by atoms with Crippen LogP contribution in [0.2, 0.25) is 20.2 Å². The number of nitrogens with one attached hydrogen (secondary N) is 1. The summed E-state index contributed by atoms with van der Waals surface area (Å²) in [6.07, 6.45) is 1.61. The molecule has 4 rings (SSSR count). The standard InChI is InChI=1S/C21H15Cl4N5O2/c1-21(2)16(31)8-14(28-21)11-6-10(22)7-13(24)18(11)27-20(32)15-9-17(25)29-30(15)19-12(23)4-3-5-26-19/h3-7,9H,8H2,1-2H3,(H,27,32). The largest absolute Gasteiger partial charge is 0.319 e. The van der Waals surface area contributed by atoms with Crippen LogP contribution in [0.4, 0.5) is 5.69 Å². The molecular weight excluding hydrogens is 496 g/mol. The highest BCUT2D eigenvalue weighted by Crippen LogP contribution is 2.35. The number of amides is 1. The minimum Gasteiger partial charge on any atom is -0.319 e. The van der Waals surface area contributed by atoms with Crippen molar-refractivity contribution in [1.82, 2.24) is 14.8 Å². The Labute approximate surface area is 203 Å². The van der Waals surface area contributed by atoms with Crippen molar-refractivity contribution in [3.8, 4) is 5.82 Å². The summed E-state index contributed by atoms with van der Waals surface area (Å²) in [5, 5.41) is 7.79. The van der Waals surface area contributed by atoms with Crippen molar-refractivity contribution in [3.05, 3.63) is 68.0 Å². The number of aliphatic imine (C=N–C) groups is 1. The average molecular weight is 511 g/mol. The number of carbonyl (C=O) groups excluding carboxylic acids is 2. The van der Waals surface area contributed by atoms with E-state index in [1.807, 2.05) is 0 Å². The quantitative estimate of drug-likeness (QED) is 0.489. The van der Waals surface area contributed by atoms with E-state index in [0.717, 1.165) is 0 Å². The lowest BCUT2D eigenvalue weighted by molar-refractivity contribution is -0.120. The van der Waals surface area contributed by atoms with Gasteiger partial charge >= 0.3 is 0 Å². The zero-order valence-corrected chi connectivity index (χ0v) is 19.8. The molecule has 3 heterocycles. The van der Waals surface area contributed by atoms with Crippen molar-refractivity contribution < 1.29 is 9.59 Å². The molecule has 0 fully saturated rings. The Morgan fingerprint density at radius 2 is 1.88 bits per heavy atom. The smallest absolute Gasteiger partial charge is 0.274 e. The number of ketones is 1. The number of pyridine rings is 1. The highest BCUT2D eigenvalue weighted by molar-refractivity contribution is 6.39. The molecule has 0 atom stereocenters. The second-order valence-electron chi connectivity index (χ2n) is 7.55. The first-order valence-electron chi connectivity index (χ1n) is 9.36. The number of aromatic nitrogens is 3. The maximum atomic E-state index is 13.2. The van der Waals surface area contributed by atoms with Crippen LogP contribution in [0.1, 0.15) is 36.3 Å². The molecule has 0 radical (unpaired) electrons. The summed E-state index contributed by atoms with van der Waals surface area (Å²) < 4.78 is 1.24. The number of nitrogens with zero attached hydrogens (tertiary/aromatic N) is 4. The van der Waals surface area contributed by atoms with Gasteiger partial charge in [-0.15, -0.1) is 0 Å². The third kappa shape index (κ3) is 4.26. The van der Waals surface area contributed by atoms with Crippen LogP contribution in [0.3, 0.4) is 0 Å². The number of hydrogen-bond donors (Lipinski definition) is 1. The van der Waals surface area contributed by atoms with Gasteiger partial charge in [-0.3, -0.25) is 14.6 Å². The van der Waals surface area contributed by atoms with Crippen LogP contribution in [0.15, 0.2) is 41.5 Å². The Morgan fingerprint density at radius 3 is 2.53 bits per heavy atom. The van der Waals surface area contributed by atoms with Gasteiger partial charge in [-0.2, -0.15) is 5.10 Å². The number of hydrogen-bond acceptors (Lipinski definition) is 5. The van der Waals surface area contributed by atoms with Crippen molar-refractivity contribution in [2.24, 2.45) is 4.99 Å². The van der Waals surface area contributed by atoms with Crippen molar-refractivity contribution >= 4 is 69.5 Å². The minimum atomic E-state index is -0.868. The molecule has 0 saturated heterocycles. The van der Waals surface area contributed by atoms with Gasteiger partial charge < -0.3 is 5.32 Å². The Balaban J connectivity index is 1.77. The van der Waals surface area contributed by atoms with Crippen molar-refractivity contribution in [2.45, 2.75) is 25.8 Å². The third-order valence-corrected chi connectivity index (χ3v) is 5.88. The summed E-state index contributed by atoms with van der Waals surface area (Å²) in [5.74, 6) is -0.377. The first kappa shape index (κ1) is 22.7. The summed E-state index contributed by atoms with van der Waals surface area (Å²) in [6, 6.07) is 7.75. The van der Waals surface area contributed by atoms with E-state index >= 15 is 0 Å². The molecule has 1 amide bonds. The first-order chi connectivity index (χ1) is 15.1. The zero-order valence-electron chi connectivity index (χ0n) is 16.8. The molecule has 0 bridgehead atoms. The van der Waals surface area contributed by atoms with Crippen LogP contribution in [-0.2, 0) is 4.79 Å². The Kier molecular flexibility index (Phi) is 6.02. The lowest BCUT2D eigenvalue weighted by Crippen LogP contribution is -2.23. The van der Waals surface area contributed by atoms with Gasteiger partial charge in [0.05, 0.1) is 27.9 Å². The van der Waals surface area contributed by atoms with Crippen molar-refractivity contribution in [1.29, 1.82) is 0 Å². The molecule has 0 aliphatic carbocycles. The lowest BCUT2D eigenvalue weighted by Gasteiger charge is -2.14. The van der Waals surface area contributed by atoms with Crippen LogP contribution in [0.5, 0.6) is 0 Å². The van der Waals surface area contributed by atoms with E-state index in [1.165, 1.54) is 23.0 Å². The van der Waals surface area contributed by atoms with Gasteiger partial charge in [-0.1, -0.05) is 46.4 Å². The Morgan fingerprint density at radius 1 is 1.12 bits per heavy atom. The summed E-state index contributed by atoms with van der Waals surface area (Å²) in [4.78, 5) is 34.2. The fourth-order valence-corrected chi connectivity index (χ4v) is 4.20. The number of benzene rings is 1. The maximum Gasteiger partial charge on any atom is 0.274 e. The van der Waals surface area contributed by atoms with Gasteiger partial charge in [0.25, 0.3) is 5.91 Å². The predicted octanol–water partition coefficient (Wildman–Crippen LogP) is 5.67. The number of carbonyl (C=O) groups is 2. The molecule has 1 aliphatic rings. The highest BCUT2D eigenvalue weighted by atomic mass is 35.5. The van der Waals surface area contributed by atoms with Crippen LogP contribution in [-0.4, -0.2) is 37.7 Å². The normalized spacial score (nSPS) is 15.1. The third-order valence-electron chi connectivity index (χ3n) is 4.88. The molecule has 32 heavy (non-hydrogen) atoms. The zero-order chi connectivity index (χ0) is 23.2. The highest BCUT2D eigenvalue weighted by Gasteiger charge is 2.36. The van der Waals surface area contributed by atoms with Crippen LogP contribution >= 0.6 is 46.4 Å². The number of rotatable bonds is 4. The van der Waals surface area contributed by atoms with E-state index < -0.39 is 11.4 Å². The Bertz CT molecular complexity index is 1300. The lowest BCUT2D eigenvalue weighted by atomic mass is 9.99. The topological polar surface area (TPSA) is 89.2 Å². The molecule has 11 heteroatoms. The van der Waals surface area contributed by atoms with Gasteiger partial charge in [-0.25, -0.2) is 9.67 Å². The van der Waals surface area contributed by atoms with E-state index in [0.29, 0.717) is 16.3 Å². The second-order valence-corrected chi connectivity index (χ2v) is 9.19. The fourth-order valence-electron chi connectivity index (χ4n) is 3.28. The van der Waals surface area contributed by atoms with E-state index in [2.05, 4.69) is 20.4 Å². The van der Waals surface area contributed by atoms with Gasteiger partial charge in [0.15, 0.2) is 16.8 Å². The molecule has 0 spiro atoms. The van der Waals surface area contributed by atoms with E-state index in [-0.39, 0.29) is 44.6 Å². The molecule has 1 N–H and O–H groups in total. The molecule has 3 aromatic rings. The monoisotopic (exact) mass is 509 g/mol. The van der Waals surface area contributed by atoms with Gasteiger partial charge in [0.2, 0.25) is 0 Å². The predicted molar refractivity (Wildman–Crippen MR) is 126 cm³/mol. The number of anilines is 1.